The second-order valence-corrected chi connectivity index (χ2v) is 8.99. The summed E-state index contributed by atoms with van der Waals surface area (Å²) in [4.78, 5) is 30.5. The molecule has 0 bridgehead atoms. The van der Waals surface area contributed by atoms with Crippen molar-refractivity contribution in [3.05, 3.63) is 94.8 Å². The maximum atomic E-state index is 13.6. The molecule has 0 spiro atoms. The molecule has 1 fully saturated rings. The Morgan fingerprint density at radius 2 is 1.62 bits per heavy atom. The van der Waals surface area contributed by atoms with Crippen LogP contribution in [-0.4, -0.2) is 36.3 Å². The largest absolute Gasteiger partial charge is 0.366 e. The van der Waals surface area contributed by atoms with Crippen LogP contribution in [0.5, 0.6) is 0 Å². The molecule has 3 aromatic rings. The summed E-state index contributed by atoms with van der Waals surface area (Å²) in [6.45, 7) is 3.07. The Balaban J connectivity index is 1.46. The van der Waals surface area contributed by atoms with E-state index >= 15 is 0 Å². The maximum absolute atomic E-state index is 13.6. The van der Waals surface area contributed by atoms with Gasteiger partial charge in [-0.05, 0) is 73.2 Å². The molecule has 174 valence electrons. The molecular formula is C28H28FN3O2. The van der Waals surface area contributed by atoms with Gasteiger partial charge in [-0.1, -0.05) is 30.3 Å². The number of hydrogen-bond donors (Lipinski definition) is 1. The molecule has 5 rings (SSSR count). The van der Waals surface area contributed by atoms with E-state index in [1.165, 1.54) is 29.3 Å². The van der Waals surface area contributed by atoms with Crippen molar-refractivity contribution < 1.29 is 14.0 Å². The van der Waals surface area contributed by atoms with Crippen LogP contribution in [0.1, 0.15) is 51.1 Å². The van der Waals surface area contributed by atoms with Crippen LogP contribution < -0.4 is 10.2 Å². The topological polar surface area (TPSA) is 52.7 Å². The van der Waals surface area contributed by atoms with E-state index in [9.17, 15) is 14.0 Å². The second-order valence-electron chi connectivity index (χ2n) is 8.99. The molecule has 34 heavy (non-hydrogen) atoms. The highest BCUT2D eigenvalue weighted by atomic mass is 19.1. The highest BCUT2D eigenvalue weighted by Gasteiger charge is 2.26. The van der Waals surface area contributed by atoms with Crippen molar-refractivity contribution >= 4 is 23.2 Å². The minimum absolute atomic E-state index is 0.00425. The van der Waals surface area contributed by atoms with Crippen LogP contribution in [0.2, 0.25) is 0 Å². The summed E-state index contributed by atoms with van der Waals surface area (Å²) in [5.74, 6) is -0.875. The molecule has 2 heterocycles. The Kier molecular flexibility index (Phi) is 6.30. The molecule has 1 saturated heterocycles. The summed E-state index contributed by atoms with van der Waals surface area (Å²) < 4.78 is 13.6. The molecule has 0 radical (unpaired) electrons. The number of benzene rings is 3. The Morgan fingerprint density at radius 3 is 2.41 bits per heavy atom. The lowest BCUT2D eigenvalue weighted by Gasteiger charge is -2.34. The van der Waals surface area contributed by atoms with Crippen LogP contribution in [0.25, 0.3) is 0 Å². The van der Waals surface area contributed by atoms with Crippen LogP contribution in [0.3, 0.4) is 0 Å². The highest BCUT2D eigenvalue weighted by Crippen LogP contribution is 2.31. The number of piperidine rings is 1. The van der Waals surface area contributed by atoms with E-state index < -0.39 is 11.7 Å². The highest BCUT2D eigenvalue weighted by molar-refractivity contribution is 6.06. The van der Waals surface area contributed by atoms with Crippen molar-refractivity contribution in [3.8, 4) is 0 Å². The minimum atomic E-state index is -0.464. The predicted molar refractivity (Wildman–Crippen MR) is 132 cm³/mol. The molecule has 5 nitrogen and oxygen atoms in total. The van der Waals surface area contributed by atoms with E-state index in [0.717, 1.165) is 57.5 Å². The first-order chi connectivity index (χ1) is 16.6. The van der Waals surface area contributed by atoms with Gasteiger partial charge >= 0.3 is 0 Å². The van der Waals surface area contributed by atoms with Crippen LogP contribution >= 0.6 is 0 Å². The zero-order valence-corrected chi connectivity index (χ0v) is 19.1. The zero-order valence-electron chi connectivity index (χ0n) is 19.1. The predicted octanol–water partition coefficient (Wildman–Crippen LogP) is 5.27. The lowest BCUT2D eigenvalue weighted by atomic mass is 9.98. The van der Waals surface area contributed by atoms with Gasteiger partial charge in [0.15, 0.2) is 0 Å². The monoisotopic (exact) mass is 457 g/mol. The number of hydrogen-bond acceptors (Lipinski definition) is 3. The first kappa shape index (κ1) is 22.1. The Hall–Kier alpha value is -3.67. The van der Waals surface area contributed by atoms with E-state index in [4.69, 9.17) is 0 Å². The number of carbonyl (C=O) groups excluding carboxylic acids is 2. The molecule has 0 unspecified atom stereocenters. The number of nitrogens with one attached hydrogen (secondary N) is 1. The molecule has 0 aromatic heterocycles. The molecule has 2 aliphatic rings. The van der Waals surface area contributed by atoms with Crippen molar-refractivity contribution in [3.63, 3.8) is 0 Å². The van der Waals surface area contributed by atoms with Crippen LogP contribution in [-0.2, 0) is 13.0 Å². The van der Waals surface area contributed by atoms with Gasteiger partial charge in [0, 0.05) is 43.1 Å². The van der Waals surface area contributed by atoms with E-state index in [-0.39, 0.29) is 11.5 Å². The summed E-state index contributed by atoms with van der Waals surface area (Å²) in [5, 5.41) is 2.83. The minimum Gasteiger partial charge on any atom is -0.366 e. The third-order valence-corrected chi connectivity index (χ3v) is 6.69. The summed E-state index contributed by atoms with van der Waals surface area (Å²) >= 11 is 0. The normalized spacial score (nSPS) is 15.6. The number of amides is 2. The van der Waals surface area contributed by atoms with Crippen molar-refractivity contribution in [1.82, 2.24) is 4.90 Å². The molecule has 2 aliphatic heterocycles. The van der Waals surface area contributed by atoms with Gasteiger partial charge in [0.2, 0.25) is 0 Å². The quantitative estimate of drug-likeness (QED) is 0.581. The molecule has 0 aliphatic carbocycles. The van der Waals surface area contributed by atoms with E-state index in [2.05, 4.69) is 28.4 Å². The first-order valence-corrected chi connectivity index (χ1v) is 11.9. The fourth-order valence-electron chi connectivity index (χ4n) is 4.86. The molecule has 6 heteroatoms. The number of carbonyl (C=O) groups is 2. The molecule has 3 aromatic carbocycles. The second kappa shape index (κ2) is 9.67. The van der Waals surface area contributed by atoms with Crippen molar-refractivity contribution in [1.29, 1.82) is 0 Å². The van der Waals surface area contributed by atoms with E-state index in [1.54, 1.807) is 12.1 Å². The lowest BCUT2D eigenvalue weighted by Crippen LogP contribution is -2.38. The zero-order chi connectivity index (χ0) is 23.5. The average Bonchev–Trinajstić information content (AvgIpc) is 2.88. The van der Waals surface area contributed by atoms with Crippen molar-refractivity contribution in [2.75, 3.05) is 29.9 Å². The van der Waals surface area contributed by atoms with Gasteiger partial charge in [-0.3, -0.25) is 9.59 Å². The Labute approximate surface area is 199 Å². The fraction of sp³-hybridized carbons (Fsp3) is 0.286. The van der Waals surface area contributed by atoms with Gasteiger partial charge in [0.25, 0.3) is 11.8 Å². The van der Waals surface area contributed by atoms with Gasteiger partial charge < -0.3 is 15.1 Å². The number of nitrogens with zero attached hydrogens (tertiary/aromatic N) is 2. The van der Waals surface area contributed by atoms with Crippen LogP contribution in [0, 0.1) is 5.82 Å². The molecule has 0 saturated carbocycles. The SMILES string of the molecule is O=C(Nc1ccc(N2CCc3ccccc3C2)c(C(=O)N2CCCCC2)c1)c1cccc(F)c1. The Bertz CT molecular complexity index is 1220. The number of rotatable bonds is 4. The standard InChI is InChI=1S/C28H28FN3O2/c29-23-10-6-9-21(17-23)27(33)30-24-11-12-26(25(18-24)28(34)31-14-4-1-5-15-31)32-16-13-20-7-2-3-8-22(20)19-32/h2-3,6-12,17-18H,1,4-5,13-16,19H2,(H,30,33). The average molecular weight is 458 g/mol. The van der Waals surface area contributed by atoms with Gasteiger partial charge in [-0.25, -0.2) is 4.39 Å². The van der Waals surface area contributed by atoms with Crippen molar-refractivity contribution in [2.24, 2.45) is 0 Å². The fourth-order valence-corrected chi connectivity index (χ4v) is 4.86. The maximum Gasteiger partial charge on any atom is 0.256 e. The summed E-state index contributed by atoms with van der Waals surface area (Å²) in [6.07, 6.45) is 4.08. The van der Waals surface area contributed by atoms with Gasteiger partial charge in [-0.2, -0.15) is 0 Å². The summed E-state index contributed by atoms with van der Waals surface area (Å²) in [7, 11) is 0. The summed E-state index contributed by atoms with van der Waals surface area (Å²) in [5.41, 5.74) is 4.86. The van der Waals surface area contributed by atoms with Gasteiger partial charge in [-0.15, -0.1) is 0 Å². The van der Waals surface area contributed by atoms with E-state index in [1.807, 2.05) is 23.1 Å². The van der Waals surface area contributed by atoms with Gasteiger partial charge in [0.05, 0.1) is 5.56 Å². The van der Waals surface area contributed by atoms with Crippen LogP contribution in [0.4, 0.5) is 15.8 Å². The number of halogens is 1. The third kappa shape index (κ3) is 4.67. The molecule has 1 N–H and O–H groups in total. The lowest BCUT2D eigenvalue weighted by molar-refractivity contribution is 0.0724. The first-order valence-electron chi connectivity index (χ1n) is 11.9. The van der Waals surface area contributed by atoms with Crippen LogP contribution in [0.15, 0.2) is 66.7 Å². The summed E-state index contributed by atoms with van der Waals surface area (Å²) in [6, 6.07) is 19.5. The van der Waals surface area contributed by atoms with Crippen molar-refractivity contribution in [2.45, 2.75) is 32.2 Å². The number of fused-ring (bicyclic) bond motifs is 1. The smallest absolute Gasteiger partial charge is 0.256 e. The molecule has 2 amide bonds. The number of likely N-dealkylation sites (tertiary alicyclic amines) is 1. The van der Waals surface area contributed by atoms with E-state index in [0.29, 0.717) is 11.3 Å². The third-order valence-electron chi connectivity index (χ3n) is 6.69. The molecule has 0 atom stereocenters. The Morgan fingerprint density at radius 1 is 0.824 bits per heavy atom. The molecular weight excluding hydrogens is 429 g/mol. The number of anilines is 2. The van der Waals surface area contributed by atoms with Gasteiger partial charge in [0.1, 0.15) is 5.82 Å².